The van der Waals surface area contributed by atoms with Gasteiger partial charge in [-0.15, -0.1) is 0 Å². The predicted molar refractivity (Wildman–Crippen MR) is 251 cm³/mol. The third kappa shape index (κ3) is 46.3. The average Bonchev–Trinajstić information content (AvgIpc) is 3.22. The number of carbonyl (C=O) groups excluding carboxylic acids is 2. The lowest BCUT2D eigenvalue weighted by molar-refractivity contribution is -0.163. The molecular weight excluding hydrogens is 717 g/mol. The Kier molecular flexibility index (Phi) is 46.9. The molecule has 58 heavy (non-hydrogen) atoms. The molecule has 0 bridgehead atoms. The number of rotatable bonds is 45. The van der Waals surface area contributed by atoms with Crippen LogP contribution in [0.4, 0.5) is 0 Å². The SMILES string of the molecule is CCCCC/C=C\C/C=C\C/C=C\CCCCCCCCC(=O)OCC(COCCCCCCCC/C=C\C/C=C\CCCCC)OC(=O)CCCCCCCCC. The van der Waals surface area contributed by atoms with Crippen LogP contribution in [0.15, 0.2) is 60.8 Å². The fourth-order valence-corrected chi connectivity index (χ4v) is 6.78. The number of hydrogen-bond acceptors (Lipinski definition) is 5. The number of unbranched alkanes of at least 4 members (excludes halogenated alkanes) is 24. The van der Waals surface area contributed by atoms with Gasteiger partial charge in [0.05, 0.1) is 6.61 Å². The van der Waals surface area contributed by atoms with E-state index in [0.717, 1.165) is 70.6 Å². The molecule has 0 aliphatic carbocycles. The zero-order chi connectivity index (χ0) is 42.1. The predicted octanol–water partition coefficient (Wildman–Crippen LogP) is 16.6. The lowest BCUT2D eigenvalue weighted by Crippen LogP contribution is -2.30. The zero-order valence-electron chi connectivity index (χ0n) is 38.6. The molecule has 0 rings (SSSR count). The maximum atomic E-state index is 12.7. The van der Waals surface area contributed by atoms with E-state index >= 15 is 0 Å². The van der Waals surface area contributed by atoms with Gasteiger partial charge in [0.1, 0.15) is 6.61 Å². The molecule has 0 amide bonds. The van der Waals surface area contributed by atoms with Gasteiger partial charge in [-0.1, -0.05) is 197 Å². The first-order chi connectivity index (χ1) is 28.6. The minimum Gasteiger partial charge on any atom is -0.462 e. The summed E-state index contributed by atoms with van der Waals surface area (Å²) in [5, 5.41) is 0. The van der Waals surface area contributed by atoms with Crippen LogP contribution in [0.2, 0.25) is 0 Å². The summed E-state index contributed by atoms with van der Waals surface area (Å²) in [5.74, 6) is -0.420. The molecule has 0 fully saturated rings. The highest BCUT2D eigenvalue weighted by atomic mass is 16.6. The molecule has 0 aromatic heterocycles. The van der Waals surface area contributed by atoms with Crippen LogP contribution < -0.4 is 0 Å². The molecule has 0 aliphatic rings. The highest BCUT2D eigenvalue weighted by molar-refractivity contribution is 5.70. The van der Waals surface area contributed by atoms with E-state index in [1.807, 2.05) is 0 Å². The van der Waals surface area contributed by atoms with Gasteiger partial charge in [-0.05, 0) is 89.9 Å². The van der Waals surface area contributed by atoms with Crippen LogP contribution in [0.5, 0.6) is 0 Å². The number of allylic oxidation sites excluding steroid dienone is 10. The van der Waals surface area contributed by atoms with Gasteiger partial charge < -0.3 is 14.2 Å². The van der Waals surface area contributed by atoms with Crippen LogP contribution in [0.3, 0.4) is 0 Å². The van der Waals surface area contributed by atoms with E-state index in [0.29, 0.717) is 19.4 Å². The Labute approximate surface area is 360 Å². The van der Waals surface area contributed by atoms with Crippen molar-refractivity contribution >= 4 is 11.9 Å². The first kappa shape index (κ1) is 55.6. The summed E-state index contributed by atoms with van der Waals surface area (Å²) in [6, 6.07) is 0. The van der Waals surface area contributed by atoms with Gasteiger partial charge in [0.15, 0.2) is 6.10 Å². The topological polar surface area (TPSA) is 61.8 Å². The van der Waals surface area contributed by atoms with E-state index in [-0.39, 0.29) is 25.2 Å². The Morgan fingerprint density at radius 2 is 0.724 bits per heavy atom. The van der Waals surface area contributed by atoms with Crippen LogP contribution in [-0.2, 0) is 23.8 Å². The summed E-state index contributed by atoms with van der Waals surface area (Å²) in [7, 11) is 0. The summed E-state index contributed by atoms with van der Waals surface area (Å²) in [5.41, 5.74) is 0. The average molecular weight is 811 g/mol. The minimum atomic E-state index is -0.544. The number of ether oxygens (including phenoxy) is 3. The van der Waals surface area contributed by atoms with Crippen molar-refractivity contribution in [1.82, 2.24) is 0 Å². The molecular formula is C53H94O5. The molecule has 1 unspecified atom stereocenters. The maximum Gasteiger partial charge on any atom is 0.306 e. The van der Waals surface area contributed by atoms with Crippen molar-refractivity contribution in [3.05, 3.63) is 60.8 Å². The summed E-state index contributed by atoms with van der Waals surface area (Å²) in [6.45, 7) is 7.71. The Hall–Kier alpha value is -2.40. The van der Waals surface area contributed by atoms with E-state index in [1.54, 1.807) is 0 Å². The lowest BCUT2D eigenvalue weighted by atomic mass is 10.1. The largest absolute Gasteiger partial charge is 0.462 e. The van der Waals surface area contributed by atoms with Gasteiger partial charge in [-0.3, -0.25) is 9.59 Å². The molecule has 0 N–H and O–H groups in total. The van der Waals surface area contributed by atoms with E-state index in [2.05, 4.69) is 81.5 Å². The van der Waals surface area contributed by atoms with Gasteiger partial charge >= 0.3 is 11.9 Å². The summed E-state index contributed by atoms with van der Waals surface area (Å²) < 4.78 is 17.3. The Morgan fingerprint density at radius 1 is 0.379 bits per heavy atom. The van der Waals surface area contributed by atoms with Crippen LogP contribution in [0, 0.1) is 0 Å². The van der Waals surface area contributed by atoms with Gasteiger partial charge in [-0.2, -0.15) is 0 Å². The zero-order valence-corrected chi connectivity index (χ0v) is 38.6. The molecule has 0 radical (unpaired) electrons. The first-order valence-corrected chi connectivity index (χ1v) is 24.8. The van der Waals surface area contributed by atoms with Crippen molar-refractivity contribution in [2.45, 2.75) is 245 Å². The molecule has 336 valence electrons. The quantitative estimate of drug-likeness (QED) is 0.0348. The smallest absolute Gasteiger partial charge is 0.306 e. The third-order valence-electron chi connectivity index (χ3n) is 10.5. The van der Waals surface area contributed by atoms with E-state index in [9.17, 15) is 9.59 Å². The van der Waals surface area contributed by atoms with Gasteiger partial charge in [0, 0.05) is 19.4 Å². The number of esters is 2. The minimum absolute atomic E-state index is 0.0742. The fourth-order valence-electron chi connectivity index (χ4n) is 6.78. The lowest BCUT2D eigenvalue weighted by Gasteiger charge is -2.18. The monoisotopic (exact) mass is 811 g/mol. The van der Waals surface area contributed by atoms with Crippen molar-refractivity contribution in [2.24, 2.45) is 0 Å². The van der Waals surface area contributed by atoms with E-state index < -0.39 is 6.10 Å². The second-order valence-corrected chi connectivity index (χ2v) is 16.4. The van der Waals surface area contributed by atoms with Crippen molar-refractivity contribution in [2.75, 3.05) is 19.8 Å². The highest BCUT2D eigenvalue weighted by Gasteiger charge is 2.17. The van der Waals surface area contributed by atoms with Gasteiger partial charge in [-0.25, -0.2) is 0 Å². The van der Waals surface area contributed by atoms with Crippen molar-refractivity contribution in [3.8, 4) is 0 Å². The molecule has 1 atom stereocenters. The molecule has 0 spiro atoms. The van der Waals surface area contributed by atoms with Gasteiger partial charge in [0.25, 0.3) is 0 Å². The summed E-state index contributed by atoms with van der Waals surface area (Å²) in [6.07, 6.45) is 60.9. The number of hydrogen-bond donors (Lipinski definition) is 0. The maximum absolute atomic E-state index is 12.7. The van der Waals surface area contributed by atoms with Crippen LogP contribution in [-0.4, -0.2) is 37.9 Å². The molecule has 5 nitrogen and oxygen atoms in total. The molecule has 0 heterocycles. The second kappa shape index (κ2) is 49.0. The van der Waals surface area contributed by atoms with Crippen LogP contribution >= 0.6 is 0 Å². The Morgan fingerprint density at radius 3 is 1.19 bits per heavy atom. The van der Waals surface area contributed by atoms with Gasteiger partial charge in [0.2, 0.25) is 0 Å². The summed E-state index contributed by atoms with van der Waals surface area (Å²) in [4.78, 5) is 25.2. The van der Waals surface area contributed by atoms with E-state index in [4.69, 9.17) is 14.2 Å². The number of carbonyl (C=O) groups is 2. The first-order valence-electron chi connectivity index (χ1n) is 24.8. The molecule has 5 heteroatoms. The molecule has 0 saturated heterocycles. The second-order valence-electron chi connectivity index (χ2n) is 16.4. The Balaban J connectivity index is 4.16. The molecule has 0 aromatic carbocycles. The molecule has 0 aliphatic heterocycles. The summed E-state index contributed by atoms with van der Waals surface area (Å²) >= 11 is 0. The fraction of sp³-hybridized carbons (Fsp3) is 0.774. The molecule has 0 aromatic rings. The van der Waals surface area contributed by atoms with Crippen LogP contribution in [0.25, 0.3) is 0 Å². The normalized spacial score (nSPS) is 12.7. The van der Waals surface area contributed by atoms with Crippen molar-refractivity contribution in [3.63, 3.8) is 0 Å². The third-order valence-corrected chi connectivity index (χ3v) is 10.5. The van der Waals surface area contributed by atoms with Crippen molar-refractivity contribution < 1.29 is 23.8 Å². The van der Waals surface area contributed by atoms with Crippen molar-refractivity contribution in [1.29, 1.82) is 0 Å². The highest BCUT2D eigenvalue weighted by Crippen LogP contribution is 2.13. The Bertz CT molecular complexity index is 1010. The molecule has 0 saturated carbocycles. The van der Waals surface area contributed by atoms with Crippen LogP contribution in [0.1, 0.15) is 239 Å². The van der Waals surface area contributed by atoms with E-state index in [1.165, 1.54) is 135 Å². The standard InChI is InChI=1S/C53H94O5/c1-4-7-10-13-16-18-20-22-24-26-27-28-29-31-33-35-38-40-43-46-52(54)57-50-51(58-53(55)47-44-41-37-15-12-9-6-3)49-56-48-45-42-39-36-34-32-30-25-23-21-19-17-14-11-8-5-2/h16-19,22-25,27-28,51H,4-15,20-21,26,29-50H2,1-3H3/b18-16-,19-17-,24-22-,25-23-,28-27-.